The minimum absolute atomic E-state index is 0.0384. The average Bonchev–Trinajstić information content (AvgIpc) is 2.53. The smallest absolute Gasteiger partial charge is 0.227 e. The molecule has 1 saturated heterocycles. The Morgan fingerprint density at radius 1 is 1.32 bits per heavy atom. The van der Waals surface area contributed by atoms with Crippen LogP contribution in [0, 0.1) is 5.92 Å². The van der Waals surface area contributed by atoms with Crippen molar-refractivity contribution in [1.82, 2.24) is 10.2 Å². The van der Waals surface area contributed by atoms with Crippen molar-refractivity contribution < 1.29 is 13.2 Å². The van der Waals surface area contributed by atoms with Crippen LogP contribution in [0.2, 0.25) is 0 Å². The highest BCUT2D eigenvalue weighted by Crippen LogP contribution is 2.23. The van der Waals surface area contributed by atoms with E-state index in [9.17, 15) is 13.2 Å². The summed E-state index contributed by atoms with van der Waals surface area (Å²) in [5.74, 6) is 0.184. The average molecular weight is 324 g/mol. The summed E-state index contributed by atoms with van der Waals surface area (Å²) in [4.78, 5) is 14.6. The third-order valence-corrected chi connectivity index (χ3v) is 5.49. The van der Waals surface area contributed by atoms with E-state index in [1.54, 1.807) is 29.2 Å². The lowest BCUT2D eigenvalue weighted by atomic mass is 9.97. The fourth-order valence-electron chi connectivity index (χ4n) is 2.76. The van der Waals surface area contributed by atoms with Crippen molar-refractivity contribution >= 4 is 15.7 Å². The lowest BCUT2D eigenvalue weighted by Gasteiger charge is -2.31. The molecule has 0 aliphatic carbocycles. The van der Waals surface area contributed by atoms with Gasteiger partial charge in [0.15, 0.2) is 9.84 Å². The zero-order chi connectivity index (χ0) is 16.3. The van der Waals surface area contributed by atoms with Gasteiger partial charge in [0, 0.05) is 19.8 Å². The van der Waals surface area contributed by atoms with Crippen LogP contribution >= 0.6 is 0 Å². The van der Waals surface area contributed by atoms with Crippen molar-refractivity contribution in [2.75, 3.05) is 26.4 Å². The van der Waals surface area contributed by atoms with Crippen molar-refractivity contribution in [1.29, 1.82) is 0 Å². The Morgan fingerprint density at radius 2 is 1.95 bits per heavy atom. The van der Waals surface area contributed by atoms with Crippen molar-refractivity contribution in [3.63, 3.8) is 0 Å². The highest BCUT2D eigenvalue weighted by molar-refractivity contribution is 7.90. The molecule has 22 heavy (non-hydrogen) atoms. The quantitative estimate of drug-likeness (QED) is 0.914. The molecular formula is C16H24N2O3S. The van der Waals surface area contributed by atoms with E-state index in [1.165, 1.54) is 6.26 Å². The van der Waals surface area contributed by atoms with Gasteiger partial charge >= 0.3 is 0 Å². The fourth-order valence-corrected chi connectivity index (χ4v) is 3.39. The molecule has 0 aromatic heterocycles. The summed E-state index contributed by atoms with van der Waals surface area (Å²) < 4.78 is 23.0. The second-order valence-corrected chi connectivity index (χ2v) is 8.03. The molecule has 1 fully saturated rings. The number of sulfone groups is 1. The number of hydrogen-bond donors (Lipinski definition) is 1. The summed E-state index contributed by atoms with van der Waals surface area (Å²) in [7, 11) is -1.38. The molecule has 1 aliphatic heterocycles. The third-order valence-electron chi connectivity index (χ3n) is 4.37. The highest BCUT2D eigenvalue weighted by Gasteiger charge is 2.27. The largest absolute Gasteiger partial charge is 0.339 e. The molecule has 122 valence electrons. The zero-order valence-electron chi connectivity index (χ0n) is 13.4. The molecule has 5 nitrogen and oxygen atoms in total. The molecule has 1 aliphatic rings. The second kappa shape index (κ2) is 6.79. The molecule has 0 radical (unpaired) electrons. The summed E-state index contributed by atoms with van der Waals surface area (Å²) in [5, 5.41) is 3.26. The number of nitrogens with zero attached hydrogens (tertiary/aromatic N) is 1. The minimum atomic E-state index is -3.19. The first-order chi connectivity index (χ1) is 10.3. The first kappa shape index (κ1) is 17.0. The maximum absolute atomic E-state index is 12.5. The Labute approximate surface area is 132 Å². The van der Waals surface area contributed by atoms with E-state index >= 15 is 0 Å². The van der Waals surface area contributed by atoms with Crippen LogP contribution in [-0.2, 0) is 14.6 Å². The SMILES string of the molecule is CC(c1ccc(S(C)(=O)=O)cc1)N(C)C(=O)C1CCCNC1. The van der Waals surface area contributed by atoms with Gasteiger partial charge in [-0.25, -0.2) is 8.42 Å². The van der Waals surface area contributed by atoms with E-state index in [4.69, 9.17) is 0 Å². The van der Waals surface area contributed by atoms with Gasteiger partial charge < -0.3 is 10.2 Å². The van der Waals surface area contributed by atoms with Crippen LogP contribution in [0.1, 0.15) is 31.4 Å². The predicted molar refractivity (Wildman–Crippen MR) is 86.3 cm³/mol. The van der Waals surface area contributed by atoms with Crippen LogP contribution in [0.25, 0.3) is 0 Å². The van der Waals surface area contributed by atoms with Gasteiger partial charge in [0.05, 0.1) is 16.9 Å². The molecule has 1 aromatic rings. The van der Waals surface area contributed by atoms with Gasteiger partial charge in [-0.3, -0.25) is 4.79 Å². The predicted octanol–water partition coefficient (Wildman–Crippen LogP) is 1.61. The van der Waals surface area contributed by atoms with Gasteiger partial charge in [0.25, 0.3) is 0 Å². The van der Waals surface area contributed by atoms with E-state index < -0.39 is 9.84 Å². The Balaban J connectivity index is 2.09. The Bertz CT molecular complexity index is 619. The van der Waals surface area contributed by atoms with E-state index in [0.29, 0.717) is 4.90 Å². The standard InChI is InChI=1S/C16H24N2O3S/c1-12(13-6-8-15(9-7-13)22(3,20)21)18(2)16(19)14-5-4-10-17-11-14/h6-9,12,14,17H,4-5,10-11H2,1-3H3. The van der Waals surface area contributed by atoms with Crippen LogP contribution in [-0.4, -0.2) is 45.6 Å². The summed E-state index contributed by atoms with van der Waals surface area (Å²) >= 11 is 0. The number of nitrogens with one attached hydrogen (secondary N) is 1. The van der Waals surface area contributed by atoms with Crippen LogP contribution in [0.5, 0.6) is 0 Å². The number of carbonyl (C=O) groups excluding carboxylic acids is 1. The number of piperidine rings is 1. The molecular weight excluding hydrogens is 300 g/mol. The molecule has 1 heterocycles. The van der Waals surface area contributed by atoms with Gasteiger partial charge in [0.1, 0.15) is 0 Å². The normalized spacial score (nSPS) is 20.4. The van der Waals surface area contributed by atoms with E-state index in [0.717, 1.165) is 31.5 Å². The maximum atomic E-state index is 12.5. The fraction of sp³-hybridized carbons (Fsp3) is 0.562. The van der Waals surface area contributed by atoms with E-state index in [-0.39, 0.29) is 17.9 Å². The Morgan fingerprint density at radius 3 is 2.45 bits per heavy atom. The number of carbonyl (C=O) groups is 1. The van der Waals surface area contributed by atoms with Gasteiger partial charge in [0.2, 0.25) is 5.91 Å². The van der Waals surface area contributed by atoms with Crippen LogP contribution in [0.15, 0.2) is 29.2 Å². The summed E-state index contributed by atoms with van der Waals surface area (Å²) in [6.45, 7) is 3.68. The molecule has 0 saturated carbocycles. The monoisotopic (exact) mass is 324 g/mol. The summed E-state index contributed by atoms with van der Waals surface area (Å²) in [5.41, 5.74) is 0.937. The number of benzene rings is 1. The topological polar surface area (TPSA) is 66.5 Å². The molecule has 1 aromatic carbocycles. The van der Waals surface area contributed by atoms with Crippen molar-refractivity contribution in [2.45, 2.75) is 30.7 Å². The van der Waals surface area contributed by atoms with Crippen molar-refractivity contribution in [3.8, 4) is 0 Å². The molecule has 0 spiro atoms. The van der Waals surface area contributed by atoms with Crippen molar-refractivity contribution in [2.24, 2.45) is 5.92 Å². The molecule has 0 bridgehead atoms. The molecule has 2 unspecified atom stereocenters. The first-order valence-electron chi connectivity index (χ1n) is 7.58. The third kappa shape index (κ3) is 3.87. The molecule has 6 heteroatoms. The van der Waals surface area contributed by atoms with Gasteiger partial charge in [-0.15, -0.1) is 0 Å². The molecule has 1 N–H and O–H groups in total. The van der Waals surface area contributed by atoms with Crippen LogP contribution in [0.4, 0.5) is 0 Å². The van der Waals surface area contributed by atoms with Crippen LogP contribution < -0.4 is 5.32 Å². The highest BCUT2D eigenvalue weighted by atomic mass is 32.2. The van der Waals surface area contributed by atoms with Gasteiger partial charge in [-0.2, -0.15) is 0 Å². The first-order valence-corrected chi connectivity index (χ1v) is 9.47. The minimum Gasteiger partial charge on any atom is -0.339 e. The Hall–Kier alpha value is -1.40. The Kier molecular flexibility index (Phi) is 5.24. The molecule has 1 amide bonds. The summed E-state index contributed by atoms with van der Waals surface area (Å²) in [6.07, 6.45) is 3.15. The van der Waals surface area contributed by atoms with Gasteiger partial charge in [-0.05, 0) is 44.0 Å². The second-order valence-electron chi connectivity index (χ2n) is 6.01. The lowest BCUT2D eigenvalue weighted by molar-refractivity contribution is -0.136. The number of rotatable bonds is 4. The van der Waals surface area contributed by atoms with Gasteiger partial charge in [-0.1, -0.05) is 12.1 Å². The molecule has 2 atom stereocenters. The summed E-state index contributed by atoms with van der Waals surface area (Å²) in [6, 6.07) is 6.68. The maximum Gasteiger partial charge on any atom is 0.227 e. The van der Waals surface area contributed by atoms with E-state index in [2.05, 4.69) is 5.32 Å². The van der Waals surface area contributed by atoms with Crippen LogP contribution in [0.3, 0.4) is 0 Å². The lowest BCUT2D eigenvalue weighted by Crippen LogP contribution is -2.42. The number of amides is 1. The number of hydrogen-bond acceptors (Lipinski definition) is 4. The van der Waals surface area contributed by atoms with Crippen molar-refractivity contribution in [3.05, 3.63) is 29.8 Å². The zero-order valence-corrected chi connectivity index (χ0v) is 14.2. The van der Waals surface area contributed by atoms with E-state index in [1.807, 2.05) is 14.0 Å². The molecule has 2 rings (SSSR count).